The van der Waals surface area contributed by atoms with Gasteiger partial charge in [0.1, 0.15) is 0 Å². The van der Waals surface area contributed by atoms with E-state index >= 15 is 0 Å². The van der Waals surface area contributed by atoms with Gasteiger partial charge in [-0.1, -0.05) is 17.7 Å². The number of rotatable bonds is 3. The molecule has 0 spiro atoms. The second-order valence-electron chi connectivity index (χ2n) is 5.30. The van der Waals surface area contributed by atoms with Gasteiger partial charge in [-0.15, -0.1) is 0 Å². The molecule has 0 bridgehead atoms. The Hall–Kier alpha value is -1.65. The molecular formula is C16H17ClN2O2. The van der Waals surface area contributed by atoms with E-state index in [4.69, 9.17) is 16.3 Å². The first kappa shape index (κ1) is 14.3. The molecule has 0 saturated carbocycles. The molecule has 0 radical (unpaired) electrons. The van der Waals surface area contributed by atoms with E-state index < -0.39 is 0 Å². The third-order valence-corrected chi connectivity index (χ3v) is 3.96. The lowest BCUT2D eigenvalue weighted by Gasteiger charge is -2.12. The van der Waals surface area contributed by atoms with Gasteiger partial charge in [0.2, 0.25) is 0 Å². The quantitative estimate of drug-likeness (QED) is 0.948. The van der Waals surface area contributed by atoms with Crippen molar-refractivity contribution in [3.8, 4) is 0 Å². The number of amides is 1. The molecule has 110 valence electrons. The van der Waals surface area contributed by atoms with Crippen molar-refractivity contribution < 1.29 is 9.53 Å². The van der Waals surface area contributed by atoms with Gasteiger partial charge >= 0.3 is 0 Å². The SMILES string of the molecule is Cc1nc2cc(Cl)ccc2cc1C(=O)NC[C@@H]1CCCO1. The number of nitrogens with zero attached hydrogens (tertiary/aromatic N) is 1. The van der Waals surface area contributed by atoms with Gasteiger partial charge in [-0.2, -0.15) is 0 Å². The summed E-state index contributed by atoms with van der Waals surface area (Å²) in [5, 5.41) is 4.48. The van der Waals surface area contributed by atoms with Crippen LogP contribution in [0.4, 0.5) is 0 Å². The summed E-state index contributed by atoms with van der Waals surface area (Å²) < 4.78 is 5.51. The van der Waals surface area contributed by atoms with Gasteiger partial charge in [-0.05, 0) is 38.0 Å². The van der Waals surface area contributed by atoms with Crippen LogP contribution in [0.1, 0.15) is 28.9 Å². The Morgan fingerprint density at radius 1 is 1.48 bits per heavy atom. The minimum atomic E-state index is -0.104. The molecular weight excluding hydrogens is 288 g/mol. The van der Waals surface area contributed by atoms with Crippen LogP contribution in [-0.2, 0) is 4.74 Å². The fourth-order valence-electron chi connectivity index (χ4n) is 2.57. The minimum Gasteiger partial charge on any atom is -0.376 e. The Labute approximate surface area is 128 Å². The summed E-state index contributed by atoms with van der Waals surface area (Å²) in [6.45, 7) is 3.18. The first-order chi connectivity index (χ1) is 10.1. The Morgan fingerprint density at radius 3 is 3.10 bits per heavy atom. The van der Waals surface area contributed by atoms with Crippen LogP contribution in [0.5, 0.6) is 0 Å². The average molecular weight is 305 g/mol. The minimum absolute atomic E-state index is 0.104. The normalized spacial score (nSPS) is 18.1. The van der Waals surface area contributed by atoms with Crippen LogP contribution in [0, 0.1) is 6.92 Å². The zero-order valence-electron chi connectivity index (χ0n) is 11.9. The highest BCUT2D eigenvalue weighted by atomic mass is 35.5. The van der Waals surface area contributed by atoms with Crippen LogP contribution in [0.3, 0.4) is 0 Å². The molecule has 3 rings (SSSR count). The van der Waals surface area contributed by atoms with Gasteiger partial charge < -0.3 is 10.1 Å². The number of ether oxygens (including phenoxy) is 1. The molecule has 2 aromatic rings. The Balaban J connectivity index is 1.80. The monoisotopic (exact) mass is 304 g/mol. The van der Waals surface area contributed by atoms with E-state index in [1.807, 2.05) is 19.1 Å². The molecule has 4 nitrogen and oxygen atoms in total. The highest BCUT2D eigenvalue weighted by Crippen LogP contribution is 2.20. The van der Waals surface area contributed by atoms with Gasteiger partial charge in [-0.3, -0.25) is 9.78 Å². The fraction of sp³-hybridized carbons (Fsp3) is 0.375. The second-order valence-corrected chi connectivity index (χ2v) is 5.74. The zero-order chi connectivity index (χ0) is 14.8. The van der Waals surface area contributed by atoms with E-state index in [1.165, 1.54) is 0 Å². The van der Waals surface area contributed by atoms with Crippen molar-refractivity contribution in [3.05, 3.63) is 40.5 Å². The number of carbonyl (C=O) groups excluding carboxylic acids is 1. The molecule has 1 aromatic carbocycles. The third-order valence-electron chi connectivity index (χ3n) is 3.73. The van der Waals surface area contributed by atoms with Crippen LogP contribution in [0.15, 0.2) is 24.3 Å². The Bertz CT molecular complexity index is 681. The molecule has 1 N–H and O–H groups in total. The first-order valence-electron chi connectivity index (χ1n) is 7.10. The van der Waals surface area contributed by atoms with E-state index in [1.54, 1.807) is 12.1 Å². The molecule has 1 saturated heterocycles. The maximum absolute atomic E-state index is 12.3. The van der Waals surface area contributed by atoms with Crippen molar-refractivity contribution >= 4 is 28.4 Å². The van der Waals surface area contributed by atoms with Gasteiger partial charge in [0.15, 0.2) is 0 Å². The number of aryl methyl sites for hydroxylation is 1. The topological polar surface area (TPSA) is 51.2 Å². The highest BCUT2D eigenvalue weighted by molar-refractivity contribution is 6.31. The summed E-state index contributed by atoms with van der Waals surface area (Å²) in [7, 11) is 0. The Kier molecular flexibility index (Phi) is 4.08. The van der Waals surface area contributed by atoms with Crippen LogP contribution in [-0.4, -0.2) is 30.1 Å². The number of aromatic nitrogens is 1. The van der Waals surface area contributed by atoms with Crippen LogP contribution >= 0.6 is 11.6 Å². The second kappa shape index (κ2) is 6.00. The van der Waals surface area contributed by atoms with Crippen molar-refractivity contribution in [1.82, 2.24) is 10.3 Å². The maximum atomic E-state index is 12.3. The third kappa shape index (κ3) is 3.17. The molecule has 1 atom stereocenters. The van der Waals surface area contributed by atoms with Gasteiger partial charge in [0, 0.05) is 23.6 Å². The van der Waals surface area contributed by atoms with Crippen molar-refractivity contribution in [2.45, 2.75) is 25.9 Å². The Morgan fingerprint density at radius 2 is 2.33 bits per heavy atom. The molecule has 1 aliphatic heterocycles. The number of pyridine rings is 1. The molecule has 1 amide bonds. The van der Waals surface area contributed by atoms with E-state index in [-0.39, 0.29) is 12.0 Å². The molecule has 0 aliphatic carbocycles. The summed E-state index contributed by atoms with van der Waals surface area (Å²) in [6.07, 6.45) is 2.22. The summed E-state index contributed by atoms with van der Waals surface area (Å²) in [6, 6.07) is 7.34. The number of hydrogen-bond donors (Lipinski definition) is 1. The molecule has 1 aliphatic rings. The largest absolute Gasteiger partial charge is 0.376 e. The lowest BCUT2D eigenvalue weighted by Crippen LogP contribution is -2.32. The lowest BCUT2D eigenvalue weighted by molar-refractivity contribution is 0.0857. The summed E-state index contributed by atoms with van der Waals surface area (Å²) in [4.78, 5) is 16.8. The standard InChI is InChI=1S/C16H17ClN2O2/c1-10-14(16(20)18-9-13-3-2-6-21-13)7-11-4-5-12(17)8-15(11)19-10/h4-5,7-8,13H,2-3,6,9H2,1H3,(H,18,20)/t13-/m0/s1. The van der Waals surface area contributed by atoms with Gasteiger partial charge in [-0.25, -0.2) is 0 Å². The smallest absolute Gasteiger partial charge is 0.253 e. The van der Waals surface area contributed by atoms with E-state index in [0.29, 0.717) is 22.8 Å². The van der Waals surface area contributed by atoms with Crippen LogP contribution < -0.4 is 5.32 Å². The summed E-state index contributed by atoms with van der Waals surface area (Å²) in [5.74, 6) is -0.104. The molecule has 2 heterocycles. The van der Waals surface area contributed by atoms with Crippen molar-refractivity contribution in [1.29, 1.82) is 0 Å². The number of halogens is 1. The highest BCUT2D eigenvalue weighted by Gasteiger charge is 2.18. The van der Waals surface area contributed by atoms with Gasteiger partial charge in [0.25, 0.3) is 5.91 Å². The average Bonchev–Trinajstić information content (AvgIpc) is 2.97. The first-order valence-corrected chi connectivity index (χ1v) is 7.48. The number of carbonyl (C=O) groups is 1. The fourth-order valence-corrected chi connectivity index (χ4v) is 2.74. The molecule has 21 heavy (non-hydrogen) atoms. The predicted molar refractivity (Wildman–Crippen MR) is 82.8 cm³/mol. The van der Waals surface area contributed by atoms with Crippen molar-refractivity contribution in [2.24, 2.45) is 0 Å². The van der Waals surface area contributed by atoms with Crippen molar-refractivity contribution in [2.75, 3.05) is 13.2 Å². The van der Waals surface area contributed by atoms with Crippen LogP contribution in [0.2, 0.25) is 5.02 Å². The van der Waals surface area contributed by atoms with E-state index in [2.05, 4.69) is 10.3 Å². The van der Waals surface area contributed by atoms with E-state index in [9.17, 15) is 4.79 Å². The summed E-state index contributed by atoms with van der Waals surface area (Å²) >= 11 is 5.96. The van der Waals surface area contributed by atoms with E-state index in [0.717, 1.165) is 30.4 Å². The molecule has 1 fully saturated rings. The number of benzene rings is 1. The molecule has 0 unspecified atom stereocenters. The number of nitrogens with one attached hydrogen (secondary N) is 1. The zero-order valence-corrected chi connectivity index (χ0v) is 12.6. The number of fused-ring (bicyclic) bond motifs is 1. The van der Waals surface area contributed by atoms with Crippen LogP contribution in [0.25, 0.3) is 10.9 Å². The summed E-state index contributed by atoms with van der Waals surface area (Å²) in [5.41, 5.74) is 2.10. The predicted octanol–water partition coefficient (Wildman–Crippen LogP) is 3.11. The molecule has 5 heteroatoms. The maximum Gasteiger partial charge on any atom is 0.253 e. The number of hydrogen-bond acceptors (Lipinski definition) is 3. The lowest BCUT2D eigenvalue weighted by atomic mass is 10.1. The van der Waals surface area contributed by atoms with Gasteiger partial charge in [0.05, 0.1) is 22.9 Å². The van der Waals surface area contributed by atoms with Crippen molar-refractivity contribution in [3.63, 3.8) is 0 Å². The molecule has 1 aromatic heterocycles.